The van der Waals surface area contributed by atoms with Crippen molar-refractivity contribution >= 4 is 23.1 Å². The summed E-state index contributed by atoms with van der Waals surface area (Å²) in [5.74, 6) is 0.385. The maximum absolute atomic E-state index is 11.1. The summed E-state index contributed by atoms with van der Waals surface area (Å²) in [6.07, 6.45) is 3.13. The van der Waals surface area contributed by atoms with E-state index in [1.165, 1.54) is 0 Å². The first kappa shape index (κ1) is 8.42. The third-order valence-electron chi connectivity index (χ3n) is 1.64. The van der Waals surface area contributed by atoms with Gasteiger partial charge in [-0.3, -0.25) is 15.5 Å². The minimum Gasteiger partial charge on any atom is -0.290 e. The molecule has 7 heteroatoms. The van der Waals surface area contributed by atoms with Crippen LogP contribution in [0.2, 0.25) is 0 Å². The molecule has 3 N–H and O–H groups in total. The second kappa shape index (κ2) is 3.29. The Kier molecular flexibility index (Phi) is 1.98. The summed E-state index contributed by atoms with van der Waals surface area (Å²) in [4.78, 5) is 17.3. The molecule has 14 heavy (non-hydrogen) atoms. The molecule has 72 valence electrons. The third-order valence-corrected chi connectivity index (χ3v) is 1.64. The summed E-state index contributed by atoms with van der Waals surface area (Å²) in [6.45, 7) is 1.76. The number of aromatic nitrogens is 4. The van der Waals surface area contributed by atoms with Gasteiger partial charge in [0.2, 0.25) is 0 Å². The number of hydrogen-bond donors (Lipinski definition) is 3. The average molecular weight is 192 g/mol. The largest absolute Gasteiger partial charge is 0.348 e. The Balaban J connectivity index is 2.60. The Bertz CT molecular complexity index is 524. The van der Waals surface area contributed by atoms with Crippen molar-refractivity contribution in [1.82, 2.24) is 20.2 Å². The summed E-state index contributed by atoms with van der Waals surface area (Å²) < 4.78 is 0. The second-order valence-corrected chi connectivity index (χ2v) is 2.55. The first-order chi connectivity index (χ1) is 6.81. The second-order valence-electron chi connectivity index (χ2n) is 2.55. The van der Waals surface area contributed by atoms with E-state index >= 15 is 0 Å². The van der Waals surface area contributed by atoms with E-state index in [2.05, 4.69) is 30.7 Å². The Hall–Kier alpha value is -2.18. The van der Waals surface area contributed by atoms with E-state index in [9.17, 15) is 4.79 Å². The number of aromatic amines is 2. The van der Waals surface area contributed by atoms with Gasteiger partial charge in [0.15, 0.2) is 5.82 Å². The molecule has 0 spiro atoms. The van der Waals surface area contributed by atoms with Crippen LogP contribution >= 0.6 is 0 Å². The van der Waals surface area contributed by atoms with Gasteiger partial charge in [0.1, 0.15) is 5.65 Å². The standard InChI is InChI=1S/C7H8N6O/c1-2-8-12-5-4-3-9-13-6(4)11-7(14)10-5/h2-3H,1H3,(H3,9,10,11,12,13,14). The molecule has 2 rings (SSSR count). The summed E-state index contributed by atoms with van der Waals surface area (Å²) in [6, 6.07) is 0. The van der Waals surface area contributed by atoms with Crippen LogP contribution in [-0.4, -0.2) is 26.4 Å². The maximum Gasteiger partial charge on any atom is 0.348 e. The smallest absolute Gasteiger partial charge is 0.290 e. The van der Waals surface area contributed by atoms with Gasteiger partial charge in [-0.05, 0) is 6.92 Å². The fourth-order valence-corrected chi connectivity index (χ4v) is 1.07. The van der Waals surface area contributed by atoms with Gasteiger partial charge >= 0.3 is 5.69 Å². The quantitative estimate of drug-likeness (QED) is 0.463. The predicted octanol–water partition coefficient (Wildman–Crippen LogP) is 0.0638. The van der Waals surface area contributed by atoms with Gasteiger partial charge in [-0.2, -0.15) is 15.2 Å². The van der Waals surface area contributed by atoms with Gasteiger partial charge in [-0.1, -0.05) is 0 Å². The highest BCUT2D eigenvalue weighted by molar-refractivity contribution is 5.85. The van der Waals surface area contributed by atoms with E-state index in [4.69, 9.17) is 0 Å². The van der Waals surface area contributed by atoms with Crippen LogP contribution in [0.15, 0.2) is 16.1 Å². The highest BCUT2D eigenvalue weighted by Gasteiger charge is 2.04. The van der Waals surface area contributed by atoms with E-state index < -0.39 is 5.69 Å². The van der Waals surface area contributed by atoms with Crippen molar-refractivity contribution in [2.24, 2.45) is 5.10 Å². The van der Waals surface area contributed by atoms with Crippen LogP contribution in [-0.2, 0) is 0 Å². The molecule has 2 aromatic heterocycles. The number of fused-ring (bicyclic) bond motifs is 1. The Morgan fingerprint density at radius 1 is 1.64 bits per heavy atom. The molecular formula is C7H8N6O. The molecule has 0 atom stereocenters. The Morgan fingerprint density at radius 2 is 2.50 bits per heavy atom. The average Bonchev–Trinajstić information content (AvgIpc) is 2.61. The van der Waals surface area contributed by atoms with Crippen molar-refractivity contribution in [2.45, 2.75) is 6.92 Å². The van der Waals surface area contributed by atoms with E-state index in [0.29, 0.717) is 16.9 Å². The van der Waals surface area contributed by atoms with E-state index in [0.717, 1.165) is 0 Å². The molecule has 0 amide bonds. The molecule has 0 fully saturated rings. The van der Waals surface area contributed by atoms with Crippen LogP contribution in [0.3, 0.4) is 0 Å². The minimum absolute atomic E-state index is 0.385. The lowest BCUT2D eigenvalue weighted by Gasteiger charge is -1.98. The number of nitrogens with one attached hydrogen (secondary N) is 3. The van der Waals surface area contributed by atoms with Gasteiger partial charge in [-0.25, -0.2) is 4.79 Å². The van der Waals surface area contributed by atoms with Crippen molar-refractivity contribution < 1.29 is 0 Å². The SMILES string of the molecule is CC=NNc1nc(=O)[nH]c2[nH]ncc12. The molecule has 0 saturated heterocycles. The summed E-state index contributed by atoms with van der Waals surface area (Å²) in [7, 11) is 0. The van der Waals surface area contributed by atoms with Gasteiger partial charge in [0.05, 0.1) is 11.6 Å². The number of hydrazone groups is 1. The molecule has 0 aliphatic carbocycles. The Labute approximate surface area is 78.3 Å². The molecule has 0 radical (unpaired) electrons. The molecule has 0 aliphatic heterocycles. The third kappa shape index (κ3) is 1.35. The molecule has 0 bridgehead atoms. The lowest BCUT2D eigenvalue weighted by atomic mass is 10.4. The van der Waals surface area contributed by atoms with Gasteiger partial charge in [0, 0.05) is 6.21 Å². The highest BCUT2D eigenvalue weighted by Crippen LogP contribution is 2.13. The Morgan fingerprint density at radius 3 is 3.29 bits per heavy atom. The van der Waals surface area contributed by atoms with Crippen LogP contribution in [0.4, 0.5) is 5.82 Å². The predicted molar refractivity (Wildman–Crippen MR) is 52.3 cm³/mol. The number of H-pyrrole nitrogens is 2. The lowest BCUT2D eigenvalue weighted by molar-refractivity contribution is 1.06. The van der Waals surface area contributed by atoms with Crippen LogP contribution in [0, 0.1) is 0 Å². The topological polar surface area (TPSA) is 98.8 Å². The fraction of sp³-hybridized carbons (Fsp3) is 0.143. The first-order valence-corrected chi connectivity index (χ1v) is 3.98. The van der Waals surface area contributed by atoms with Gasteiger partial charge < -0.3 is 0 Å². The lowest BCUT2D eigenvalue weighted by Crippen LogP contribution is -2.12. The van der Waals surface area contributed by atoms with Gasteiger partial charge in [-0.15, -0.1) is 0 Å². The number of rotatable bonds is 2. The fourth-order valence-electron chi connectivity index (χ4n) is 1.07. The molecule has 0 aromatic carbocycles. The molecule has 2 heterocycles. The van der Waals surface area contributed by atoms with Crippen LogP contribution in [0.5, 0.6) is 0 Å². The molecule has 7 nitrogen and oxygen atoms in total. The monoisotopic (exact) mass is 192 g/mol. The van der Waals surface area contributed by atoms with Crippen molar-refractivity contribution in [3.63, 3.8) is 0 Å². The molecule has 0 aliphatic rings. The van der Waals surface area contributed by atoms with Crippen molar-refractivity contribution in [1.29, 1.82) is 0 Å². The van der Waals surface area contributed by atoms with Crippen molar-refractivity contribution in [2.75, 3.05) is 5.43 Å². The normalized spacial score (nSPS) is 11.2. The highest BCUT2D eigenvalue weighted by atomic mass is 16.1. The molecule has 2 aromatic rings. The van der Waals surface area contributed by atoms with E-state index in [1.807, 2.05) is 0 Å². The zero-order valence-corrected chi connectivity index (χ0v) is 7.40. The molecule has 0 saturated carbocycles. The summed E-state index contributed by atoms with van der Waals surface area (Å²) in [5.41, 5.74) is 2.72. The van der Waals surface area contributed by atoms with Crippen molar-refractivity contribution in [3.05, 3.63) is 16.7 Å². The zero-order chi connectivity index (χ0) is 9.97. The zero-order valence-electron chi connectivity index (χ0n) is 7.40. The minimum atomic E-state index is -0.449. The maximum atomic E-state index is 11.1. The molecule has 0 unspecified atom stereocenters. The van der Waals surface area contributed by atoms with Crippen LogP contribution < -0.4 is 11.1 Å². The molecular weight excluding hydrogens is 184 g/mol. The van der Waals surface area contributed by atoms with Gasteiger partial charge in [0.25, 0.3) is 0 Å². The summed E-state index contributed by atoms with van der Waals surface area (Å²) >= 11 is 0. The van der Waals surface area contributed by atoms with Crippen LogP contribution in [0.25, 0.3) is 11.0 Å². The number of nitrogens with zero attached hydrogens (tertiary/aromatic N) is 3. The number of anilines is 1. The number of hydrogen-bond acceptors (Lipinski definition) is 5. The van der Waals surface area contributed by atoms with Crippen molar-refractivity contribution in [3.8, 4) is 0 Å². The van der Waals surface area contributed by atoms with Crippen LogP contribution in [0.1, 0.15) is 6.92 Å². The summed E-state index contributed by atoms with van der Waals surface area (Å²) in [5, 5.41) is 10.9. The van der Waals surface area contributed by atoms with E-state index in [-0.39, 0.29) is 0 Å². The first-order valence-electron chi connectivity index (χ1n) is 3.98. The van der Waals surface area contributed by atoms with E-state index in [1.54, 1.807) is 19.3 Å².